The molecule has 1 aromatic rings. The van der Waals surface area contributed by atoms with Gasteiger partial charge in [-0.25, -0.2) is 4.79 Å². The predicted octanol–water partition coefficient (Wildman–Crippen LogP) is 2.59. The van der Waals surface area contributed by atoms with Crippen molar-refractivity contribution in [3.63, 3.8) is 0 Å². The molecule has 0 amide bonds. The van der Waals surface area contributed by atoms with Crippen LogP contribution in [0.1, 0.15) is 30.9 Å². The Balaban J connectivity index is 2.42. The topological polar surface area (TPSA) is 38.3 Å². The van der Waals surface area contributed by atoms with Crippen LogP contribution < -0.4 is 5.32 Å². The monoisotopic (exact) mass is 233 g/mol. The molecule has 0 heterocycles. The number of carbonyl (C=O) groups excluding carboxylic acids is 1. The van der Waals surface area contributed by atoms with Crippen molar-refractivity contribution in [2.24, 2.45) is 0 Å². The van der Waals surface area contributed by atoms with E-state index in [1.165, 1.54) is 24.3 Å². The van der Waals surface area contributed by atoms with Crippen LogP contribution in [0.3, 0.4) is 0 Å². The van der Waals surface area contributed by atoms with Gasteiger partial charge in [0.05, 0.1) is 7.11 Å². The molecule has 0 spiro atoms. The summed E-state index contributed by atoms with van der Waals surface area (Å²) in [5, 5.41) is 3.03. The molecule has 1 N–H and O–H groups in total. The molecule has 3 heteroatoms. The lowest BCUT2D eigenvalue weighted by atomic mass is 10.0. The third-order valence-electron chi connectivity index (χ3n) is 2.49. The zero-order valence-electron chi connectivity index (χ0n) is 10.6. The predicted molar refractivity (Wildman–Crippen MR) is 68.5 cm³/mol. The minimum absolute atomic E-state index is 0.354. The van der Waals surface area contributed by atoms with Gasteiger partial charge in [0.2, 0.25) is 0 Å². The number of benzene rings is 1. The van der Waals surface area contributed by atoms with Gasteiger partial charge in [0.1, 0.15) is 0 Å². The highest BCUT2D eigenvalue weighted by Gasteiger charge is 1.98. The van der Waals surface area contributed by atoms with Gasteiger partial charge in [-0.2, -0.15) is 0 Å². The van der Waals surface area contributed by atoms with Crippen molar-refractivity contribution in [2.45, 2.75) is 26.3 Å². The molecule has 0 aromatic heterocycles. The normalized spacial score (nSPS) is 10.8. The third-order valence-corrected chi connectivity index (χ3v) is 2.49. The molecule has 0 bridgehead atoms. The van der Waals surface area contributed by atoms with E-state index in [2.05, 4.69) is 48.2 Å². The Bertz CT molecular complexity index is 380. The highest BCUT2D eigenvalue weighted by Crippen LogP contribution is 2.14. The Morgan fingerprint density at radius 1 is 1.35 bits per heavy atom. The molecule has 0 unspecified atom stereocenters. The molecule has 1 rings (SSSR count). The van der Waals surface area contributed by atoms with Crippen LogP contribution >= 0.6 is 0 Å². The van der Waals surface area contributed by atoms with Crippen molar-refractivity contribution in [2.75, 3.05) is 7.11 Å². The Morgan fingerprint density at radius 2 is 2.00 bits per heavy atom. The average Bonchev–Trinajstić information content (AvgIpc) is 2.34. The molecular formula is C14H19NO2. The van der Waals surface area contributed by atoms with Crippen LogP contribution in [0.4, 0.5) is 0 Å². The number of rotatable bonds is 5. The summed E-state index contributed by atoms with van der Waals surface area (Å²) in [6, 6.07) is 8.44. The lowest BCUT2D eigenvalue weighted by molar-refractivity contribution is -0.134. The molecule has 0 saturated carbocycles. The second kappa shape index (κ2) is 6.74. The molecule has 0 saturated heterocycles. The van der Waals surface area contributed by atoms with Gasteiger partial charge in [0.25, 0.3) is 0 Å². The first-order chi connectivity index (χ1) is 8.13. The van der Waals surface area contributed by atoms with Crippen LogP contribution in [0.2, 0.25) is 0 Å². The third kappa shape index (κ3) is 4.72. The number of esters is 1. The summed E-state index contributed by atoms with van der Waals surface area (Å²) in [7, 11) is 1.36. The lowest BCUT2D eigenvalue weighted by Crippen LogP contribution is -2.06. The minimum atomic E-state index is -0.354. The summed E-state index contributed by atoms with van der Waals surface area (Å²) in [6.45, 7) is 5.05. The second-order valence-corrected chi connectivity index (χ2v) is 4.13. The maximum absolute atomic E-state index is 10.8. The van der Waals surface area contributed by atoms with E-state index in [0.29, 0.717) is 12.5 Å². The fourth-order valence-corrected chi connectivity index (χ4v) is 1.39. The van der Waals surface area contributed by atoms with Gasteiger partial charge in [0.15, 0.2) is 0 Å². The molecule has 3 nitrogen and oxygen atoms in total. The fraction of sp³-hybridized carbons (Fsp3) is 0.357. The van der Waals surface area contributed by atoms with Crippen molar-refractivity contribution in [1.82, 2.24) is 5.32 Å². The van der Waals surface area contributed by atoms with Gasteiger partial charge in [-0.1, -0.05) is 38.1 Å². The van der Waals surface area contributed by atoms with Crippen molar-refractivity contribution in [3.05, 3.63) is 47.7 Å². The van der Waals surface area contributed by atoms with E-state index in [1.54, 1.807) is 6.20 Å². The van der Waals surface area contributed by atoms with Crippen LogP contribution in [-0.4, -0.2) is 13.1 Å². The minimum Gasteiger partial charge on any atom is -0.466 e. The first-order valence-electron chi connectivity index (χ1n) is 5.70. The van der Waals surface area contributed by atoms with E-state index in [-0.39, 0.29) is 5.97 Å². The summed E-state index contributed by atoms with van der Waals surface area (Å²) >= 11 is 0. The van der Waals surface area contributed by atoms with E-state index in [4.69, 9.17) is 0 Å². The molecule has 0 aliphatic carbocycles. The second-order valence-electron chi connectivity index (χ2n) is 4.13. The van der Waals surface area contributed by atoms with Crippen LogP contribution in [0.15, 0.2) is 36.5 Å². The Labute approximate surface area is 102 Å². The molecule has 0 fully saturated rings. The Hall–Kier alpha value is -1.77. The number of methoxy groups -OCH3 is 1. The zero-order chi connectivity index (χ0) is 12.7. The number of hydrogen-bond donors (Lipinski definition) is 1. The molecule has 0 aliphatic rings. The first-order valence-corrected chi connectivity index (χ1v) is 5.70. The zero-order valence-corrected chi connectivity index (χ0v) is 10.6. The number of hydrogen-bond acceptors (Lipinski definition) is 3. The lowest BCUT2D eigenvalue weighted by Gasteiger charge is -2.06. The van der Waals surface area contributed by atoms with Gasteiger partial charge in [-0.15, -0.1) is 0 Å². The van der Waals surface area contributed by atoms with Crippen molar-refractivity contribution < 1.29 is 9.53 Å². The van der Waals surface area contributed by atoms with Crippen molar-refractivity contribution in [3.8, 4) is 0 Å². The number of ether oxygens (including phenoxy) is 1. The van der Waals surface area contributed by atoms with Gasteiger partial charge in [-0.3, -0.25) is 0 Å². The molecule has 92 valence electrons. The van der Waals surface area contributed by atoms with Gasteiger partial charge in [-0.05, 0) is 17.0 Å². The number of carbonyl (C=O) groups is 1. The van der Waals surface area contributed by atoms with Gasteiger partial charge < -0.3 is 10.1 Å². The molecule has 0 atom stereocenters. The summed E-state index contributed by atoms with van der Waals surface area (Å²) in [4.78, 5) is 10.8. The fourth-order valence-electron chi connectivity index (χ4n) is 1.39. The first kappa shape index (κ1) is 13.3. The maximum Gasteiger partial charge on any atom is 0.331 e. The molecule has 17 heavy (non-hydrogen) atoms. The summed E-state index contributed by atoms with van der Waals surface area (Å²) in [5.74, 6) is 0.198. The molecule has 0 aliphatic heterocycles. The smallest absolute Gasteiger partial charge is 0.331 e. The summed E-state index contributed by atoms with van der Waals surface area (Å²) in [6.07, 6.45) is 2.96. The van der Waals surface area contributed by atoms with Gasteiger partial charge >= 0.3 is 5.97 Å². The highest BCUT2D eigenvalue weighted by molar-refractivity contribution is 5.81. The van der Waals surface area contributed by atoms with Crippen molar-refractivity contribution in [1.29, 1.82) is 0 Å². The van der Waals surface area contributed by atoms with E-state index < -0.39 is 0 Å². The largest absolute Gasteiger partial charge is 0.466 e. The Kier molecular flexibility index (Phi) is 5.27. The van der Waals surface area contributed by atoms with E-state index in [1.807, 2.05) is 0 Å². The molecular weight excluding hydrogens is 214 g/mol. The quantitative estimate of drug-likeness (QED) is 0.627. The van der Waals surface area contributed by atoms with E-state index in [0.717, 1.165) is 0 Å². The van der Waals surface area contributed by atoms with E-state index in [9.17, 15) is 4.79 Å². The SMILES string of the molecule is COC(=O)/C=C/NCc1ccc(C(C)C)cc1. The Morgan fingerprint density at radius 3 is 2.53 bits per heavy atom. The van der Waals surface area contributed by atoms with Crippen LogP contribution in [0.5, 0.6) is 0 Å². The maximum atomic E-state index is 10.8. The van der Waals surface area contributed by atoms with Crippen LogP contribution in [0, 0.1) is 0 Å². The van der Waals surface area contributed by atoms with Crippen LogP contribution in [0.25, 0.3) is 0 Å². The summed E-state index contributed by atoms with van der Waals surface area (Å²) in [5.41, 5.74) is 2.52. The standard InChI is InChI=1S/C14H19NO2/c1-11(2)13-6-4-12(5-7-13)10-15-9-8-14(16)17-3/h4-9,11,15H,10H2,1-3H3/b9-8+. The highest BCUT2D eigenvalue weighted by atomic mass is 16.5. The summed E-state index contributed by atoms with van der Waals surface area (Å²) < 4.78 is 4.48. The average molecular weight is 233 g/mol. The van der Waals surface area contributed by atoms with E-state index >= 15 is 0 Å². The van der Waals surface area contributed by atoms with Crippen molar-refractivity contribution >= 4 is 5.97 Å². The molecule has 0 radical (unpaired) electrons. The van der Waals surface area contributed by atoms with Gasteiger partial charge in [0, 0.05) is 18.8 Å². The van der Waals surface area contributed by atoms with Crippen LogP contribution in [-0.2, 0) is 16.1 Å². The molecule has 1 aromatic carbocycles. The number of nitrogens with one attached hydrogen (secondary N) is 1.